The van der Waals surface area contributed by atoms with Gasteiger partial charge < -0.3 is 14.5 Å². The first-order valence-electron chi connectivity index (χ1n) is 5.51. The SMILES string of the molecule is CC(=O)Nc1c(OC(C)=O)c2ccccc2oc1=O. The summed E-state index contributed by atoms with van der Waals surface area (Å²) in [4.78, 5) is 34.0. The molecule has 0 fully saturated rings. The number of benzene rings is 1. The zero-order chi connectivity index (χ0) is 14.0. The molecule has 0 aliphatic carbocycles. The van der Waals surface area contributed by atoms with Crippen molar-refractivity contribution in [3.63, 3.8) is 0 Å². The van der Waals surface area contributed by atoms with E-state index in [1.54, 1.807) is 24.3 Å². The van der Waals surface area contributed by atoms with Gasteiger partial charge in [-0.2, -0.15) is 0 Å². The lowest BCUT2D eigenvalue weighted by atomic mass is 10.2. The number of fused-ring (bicyclic) bond motifs is 1. The van der Waals surface area contributed by atoms with Crippen LogP contribution in [0.25, 0.3) is 11.0 Å². The van der Waals surface area contributed by atoms with Crippen LogP contribution in [0.1, 0.15) is 13.8 Å². The van der Waals surface area contributed by atoms with Crippen LogP contribution in [0.2, 0.25) is 0 Å². The maximum absolute atomic E-state index is 11.8. The summed E-state index contributed by atoms with van der Waals surface area (Å²) < 4.78 is 10.1. The van der Waals surface area contributed by atoms with E-state index in [1.165, 1.54) is 13.8 Å². The molecule has 1 N–H and O–H groups in total. The summed E-state index contributed by atoms with van der Waals surface area (Å²) >= 11 is 0. The Morgan fingerprint density at radius 3 is 2.53 bits per heavy atom. The van der Waals surface area contributed by atoms with Gasteiger partial charge in [-0.05, 0) is 12.1 Å². The Morgan fingerprint density at radius 1 is 1.21 bits per heavy atom. The predicted octanol–water partition coefficient (Wildman–Crippen LogP) is 1.68. The highest BCUT2D eigenvalue weighted by atomic mass is 16.5. The third-order valence-electron chi connectivity index (χ3n) is 2.31. The van der Waals surface area contributed by atoms with Crippen LogP contribution in [0, 0.1) is 0 Å². The molecule has 6 nitrogen and oxygen atoms in total. The lowest BCUT2D eigenvalue weighted by Crippen LogP contribution is -2.17. The third kappa shape index (κ3) is 2.62. The van der Waals surface area contributed by atoms with Crippen LogP contribution in [0.3, 0.4) is 0 Å². The van der Waals surface area contributed by atoms with E-state index in [-0.39, 0.29) is 17.0 Å². The standard InChI is InChI=1S/C13H11NO5/c1-7(15)14-11-12(18-8(2)16)9-5-3-4-6-10(9)19-13(11)17/h3-6H,1-2H3,(H,14,15). The van der Waals surface area contributed by atoms with Crippen molar-refractivity contribution in [3.05, 3.63) is 34.7 Å². The molecule has 98 valence electrons. The average Bonchev–Trinajstić information content (AvgIpc) is 2.32. The number of amides is 1. The van der Waals surface area contributed by atoms with E-state index in [1.807, 2.05) is 0 Å². The molecule has 0 atom stereocenters. The summed E-state index contributed by atoms with van der Waals surface area (Å²) in [5.74, 6) is -1.06. The van der Waals surface area contributed by atoms with Gasteiger partial charge in [-0.1, -0.05) is 12.1 Å². The molecule has 19 heavy (non-hydrogen) atoms. The lowest BCUT2D eigenvalue weighted by molar-refractivity contribution is -0.131. The van der Waals surface area contributed by atoms with Crippen molar-refractivity contribution in [1.82, 2.24) is 0 Å². The van der Waals surface area contributed by atoms with Gasteiger partial charge in [0.05, 0.1) is 5.39 Å². The largest absolute Gasteiger partial charge is 0.423 e. The number of hydrogen-bond donors (Lipinski definition) is 1. The monoisotopic (exact) mass is 261 g/mol. The minimum Gasteiger partial charge on any atom is -0.423 e. The van der Waals surface area contributed by atoms with Crippen LogP contribution < -0.4 is 15.7 Å². The minimum atomic E-state index is -0.773. The molecule has 0 saturated heterocycles. The normalized spacial score (nSPS) is 10.2. The zero-order valence-electron chi connectivity index (χ0n) is 10.4. The van der Waals surface area contributed by atoms with Gasteiger partial charge in [0.15, 0.2) is 11.4 Å². The molecule has 1 aromatic heterocycles. The van der Waals surface area contributed by atoms with Gasteiger partial charge in [-0.3, -0.25) is 9.59 Å². The predicted molar refractivity (Wildman–Crippen MR) is 68.1 cm³/mol. The number of carbonyl (C=O) groups excluding carboxylic acids is 2. The van der Waals surface area contributed by atoms with Crippen molar-refractivity contribution in [3.8, 4) is 5.75 Å². The Labute approximate surface area is 108 Å². The molecule has 0 aliphatic heterocycles. The van der Waals surface area contributed by atoms with Gasteiger partial charge in [0.1, 0.15) is 5.58 Å². The van der Waals surface area contributed by atoms with E-state index in [2.05, 4.69) is 5.32 Å². The molecular weight excluding hydrogens is 250 g/mol. The van der Waals surface area contributed by atoms with Crippen molar-refractivity contribution in [1.29, 1.82) is 0 Å². The van der Waals surface area contributed by atoms with Crippen molar-refractivity contribution in [2.45, 2.75) is 13.8 Å². The fourth-order valence-corrected chi connectivity index (χ4v) is 1.66. The second-order valence-electron chi connectivity index (χ2n) is 3.86. The third-order valence-corrected chi connectivity index (χ3v) is 2.31. The fourth-order valence-electron chi connectivity index (χ4n) is 1.66. The van der Waals surface area contributed by atoms with E-state index < -0.39 is 17.5 Å². The van der Waals surface area contributed by atoms with E-state index in [9.17, 15) is 14.4 Å². The van der Waals surface area contributed by atoms with Gasteiger partial charge in [0.2, 0.25) is 5.91 Å². The van der Waals surface area contributed by atoms with E-state index in [0.717, 1.165) is 0 Å². The molecule has 0 bridgehead atoms. The molecule has 1 aromatic carbocycles. The molecule has 1 amide bonds. The zero-order valence-corrected chi connectivity index (χ0v) is 10.4. The highest BCUT2D eigenvalue weighted by Crippen LogP contribution is 2.31. The lowest BCUT2D eigenvalue weighted by Gasteiger charge is -2.10. The Balaban J connectivity index is 2.77. The number of hydrogen-bond acceptors (Lipinski definition) is 5. The molecule has 0 saturated carbocycles. The Bertz CT molecular complexity index is 717. The number of ether oxygens (including phenoxy) is 1. The topological polar surface area (TPSA) is 85.6 Å². The van der Waals surface area contributed by atoms with E-state index in [0.29, 0.717) is 5.39 Å². The first-order valence-corrected chi connectivity index (χ1v) is 5.51. The molecule has 0 unspecified atom stereocenters. The molecule has 0 radical (unpaired) electrons. The number of para-hydroxylation sites is 1. The number of anilines is 1. The first-order chi connectivity index (χ1) is 8.99. The summed E-state index contributed by atoms with van der Waals surface area (Å²) in [5.41, 5.74) is -0.676. The van der Waals surface area contributed by atoms with Crippen molar-refractivity contribution >= 4 is 28.5 Å². The van der Waals surface area contributed by atoms with Gasteiger partial charge >= 0.3 is 11.6 Å². The Hall–Kier alpha value is -2.63. The van der Waals surface area contributed by atoms with E-state index in [4.69, 9.17) is 9.15 Å². The molecule has 0 spiro atoms. The maximum atomic E-state index is 11.8. The number of esters is 1. The summed E-state index contributed by atoms with van der Waals surface area (Å²) in [7, 11) is 0. The summed E-state index contributed by atoms with van der Waals surface area (Å²) in [6.45, 7) is 2.45. The summed E-state index contributed by atoms with van der Waals surface area (Å²) in [6, 6.07) is 6.58. The molecule has 6 heteroatoms. The number of rotatable bonds is 2. The molecule has 0 aliphatic rings. The van der Waals surface area contributed by atoms with Crippen molar-refractivity contribution in [2.24, 2.45) is 0 Å². The van der Waals surface area contributed by atoms with E-state index >= 15 is 0 Å². The minimum absolute atomic E-state index is 0.00505. The quantitative estimate of drug-likeness (QED) is 0.656. The van der Waals surface area contributed by atoms with Crippen LogP contribution in [0.15, 0.2) is 33.5 Å². The number of nitrogens with one attached hydrogen (secondary N) is 1. The van der Waals surface area contributed by atoms with Crippen LogP contribution in [0.5, 0.6) is 5.75 Å². The molecular formula is C13H11NO5. The average molecular weight is 261 g/mol. The Kier molecular flexibility index (Phi) is 3.33. The molecule has 2 rings (SSSR count). The highest BCUT2D eigenvalue weighted by Gasteiger charge is 2.18. The second-order valence-corrected chi connectivity index (χ2v) is 3.86. The van der Waals surface area contributed by atoms with Gasteiger partial charge in [0.25, 0.3) is 0 Å². The van der Waals surface area contributed by atoms with Gasteiger partial charge in [0, 0.05) is 13.8 Å². The van der Waals surface area contributed by atoms with Crippen molar-refractivity contribution < 1.29 is 18.7 Å². The maximum Gasteiger partial charge on any atom is 0.364 e. The second kappa shape index (κ2) is 4.93. The van der Waals surface area contributed by atoms with Crippen LogP contribution in [0.4, 0.5) is 5.69 Å². The fraction of sp³-hybridized carbons (Fsp3) is 0.154. The Morgan fingerprint density at radius 2 is 1.89 bits per heavy atom. The van der Waals surface area contributed by atoms with Gasteiger partial charge in [-0.25, -0.2) is 4.79 Å². The van der Waals surface area contributed by atoms with Gasteiger partial charge in [-0.15, -0.1) is 0 Å². The summed E-state index contributed by atoms with van der Waals surface area (Å²) in [6.07, 6.45) is 0. The smallest absolute Gasteiger partial charge is 0.364 e. The highest BCUT2D eigenvalue weighted by molar-refractivity contribution is 5.97. The first kappa shape index (κ1) is 12.8. The molecule has 1 heterocycles. The van der Waals surface area contributed by atoms with Crippen molar-refractivity contribution in [2.75, 3.05) is 5.32 Å². The molecule has 2 aromatic rings. The van der Waals surface area contributed by atoms with Crippen LogP contribution in [-0.4, -0.2) is 11.9 Å². The number of carbonyl (C=O) groups is 2. The van der Waals surface area contributed by atoms with Crippen LogP contribution >= 0.6 is 0 Å². The van der Waals surface area contributed by atoms with Crippen LogP contribution in [-0.2, 0) is 9.59 Å². The summed E-state index contributed by atoms with van der Waals surface area (Å²) in [5, 5.41) is 2.75.